The standard InChI is InChI=1S/C17H25F4N3OS/c1-5-22-15(23-8-9-26(25)16(2,3)4)24-11-12-6-7-13(18)10-14(12)17(19,20)21/h6-7,10H,5,8-9,11H2,1-4H3,(H2,22,23,24). The SMILES string of the molecule is CCNC(=NCc1ccc(F)cc1C(F)(F)F)NCCS(=O)C(C)(C)C. The number of aliphatic imine (C=N–C) groups is 1. The van der Waals surface area contributed by atoms with E-state index in [2.05, 4.69) is 15.6 Å². The first kappa shape index (κ1) is 22.4. The fourth-order valence-corrected chi connectivity index (χ4v) is 2.92. The first-order chi connectivity index (χ1) is 11.9. The molecule has 0 spiro atoms. The lowest BCUT2D eigenvalue weighted by atomic mass is 10.1. The Kier molecular flexibility index (Phi) is 8.05. The van der Waals surface area contributed by atoms with Crippen molar-refractivity contribution in [2.75, 3.05) is 18.8 Å². The molecule has 1 aromatic rings. The number of alkyl halides is 3. The molecule has 0 amide bonds. The Morgan fingerprint density at radius 3 is 2.38 bits per heavy atom. The van der Waals surface area contributed by atoms with Gasteiger partial charge in [-0.3, -0.25) is 4.21 Å². The lowest BCUT2D eigenvalue weighted by Crippen LogP contribution is -2.40. The van der Waals surface area contributed by atoms with Crippen molar-refractivity contribution >= 4 is 16.8 Å². The van der Waals surface area contributed by atoms with Crippen LogP contribution in [0.4, 0.5) is 17.6 Å². The van der Waals surface area contributed by atoms with Crippen LogP contribution in [0.5, 0.6) is 0 Å². The molecule has 0 aromatic heterocycles. The first-order valence-electron chi connectivity index (χ1n) is 8.21. The molecule has 9 heteroatoms. The van der Waals surface area contributed by atoms with E-state index < -0.39 is 28.4 Å². The van der Waals surface area contributed by atoms with Crippen LogP contribution in [0.25, 0.3) is 0 Å². The summed E-state index contributed by atoms with van der Waals surface area (Å²) in [4.78, 5) is 4.12. The van der Waals surface area contributed by atoms with Gasteiger partial charge in [-0.15, -0.1) is 0 Å². The third kappa shape index (κ3) is 7.31. The Bertz CT molecular complexity index is 654. The van der Waals surface area contributed by atoms with Gasteiger partial charge >= 0.3 is 6.18 Å². The molecule has 0 aliphatic heterocycles. The maximum Gasteiger partial charge on any atom is 0.416 e. The lowest BCUT2D eigenvalue weighted by Gasteiger charge is -2.18. The van der Waals surface area contributed by atoms with Crippen molar-refractivity contribution in [3.63, 3.8) is 0 Å². The summed E-state index contributed by atoms with van der Waals surface area (Å²) < 4.78 is 63.9. The second kappa shape index (κ2) is 9.34. The van der Waals surface area contributed by atoms with Gasteiger partial charge in [-0.1, -0.05) is 6.07 Å². The fourth-order valence-electron chi connectivity index (χ4n) is 2.02. The van der Waals surface area contributed by atoms with Gasteiger partial charge in [0, 0.05) is 34.4 Å². The van der Waals surface area contributed by atoms with Crippen molar-refractivity contribution in [2.45, 2.75) is 45.2 Å². The number of benzene rings is 1. The summed E-state index contributed by atoms with van der Waals surface area (Å²) in [7, 11) is -1.05. The largest absolute Gasteiger partial charge is 0.416 e. The van der Waals surface area contributed by atoms with Crippen LogP contribution in [-0.2, 0) is 23.5 Å². The van der Waals surface area contributed by atoms with E-state index in [-0.39, 0.29) is 16.9 Å². The van der Waals surface area contributed by atoms with Crippen molar-refractivity contribution in [3.05, 3.63) is 35.1 Å². The lowest BCUT2D eigenvalue weighted by molar-refractivity contribution is -0.138. The van der Waals surface area contributed by atoms with Crippen LogP contribution in [0.1, 0.15) is 38.8 Å². The maximum atomic E-state index is 13.1. The Hall–Kier alpha value is -1.64. The molecular weight excluding hydrogens is 370 g/mol. The van der Waals surface area contributed by atoms with Gasteiger partial charge in [-0.25, -0.2) is 9.38 Å². The number of hydrogen-bond acceptors (Lipinski definition) is 2. The van der Waals surface area contributed by atoms with Crippen molar-refractivity contribution < 1.29 is 21.8 Å². The van der Waals surface area contributed by atoms with Gasteiger partial charge in [0.05, 0.1) is 12.1 Å². The zero-order chi connectivity index (χ0) is 20.0. The highest BCUT2D eigenvalue weighted by Crippen LogP contribution is 2.32. The normalized spacial score (nSPS) is 14.2. The number of rotatable bonds is 6. The van der Waals surface area contributed by atoms with Gasteiger partial charge in [0.25, 0.3) is 0 Å². The minimum atomic E-state index is -4.65. The molecule has 2 N–H and O–H groups in total. The molecule has 1 atom stereocenters. The third-order valence-corrected chi connectivity index (χ3v) is 5.33. The molecule has 0 aliphatic rings. The molecule has 4 nitrogen and oxygen atoms in total. The minimum absolute atomic E-state index is 0.116. The summed E-state index contributed by atoms with van der Waals surface area (Å²) >= 11 is 0. The minimum Gasteiger partial charge on any atom is -0.357 e. The number of nitrogens with one attached hydrogen (secondary N) is 2. The van der Waals surface area contributed by atoms with E-state index in [1.807, 2.05) is 27.7 Å². The van der Waals surface area contributed by atoms with E-state index in [1.165, 1.54) is 0 Å². The maximum absolute atomic E-state index is 13.1. The Morgan fingerprint density at radius 1 is 1.19 bits per heavy atom. The van der Waals surface area contributed by atoms with Crippen LogP contribution in [0, 0.1) is 5.82 Å². The zero-order valence-corrected chi connectivity index (χ0v) is 16.2. The van der Waals surface area contributed by atoms with E-state index >= 15 is 0 Å². The molecule has 148 valence electrons. The van der Waals surface area contributed by atoms with Gasteiger partial charge in [0.2, 0.25) is 0 Å². The van der Waals surface area contributed by atoms with Crippen LogP contribution in [0.2, 0.25) is 0 Å². The van der Waals surface area contributed by atoms with Gasteiger partial charge in [-0.05, 0) is 45.4 Å². The highest BCUT2D eigenvalue weighted by Gasteiger charge is 2.33. The predicted octanol–water partition coefficient (Wildman–Crippen LogP) is 3.45. The second-order valence-corrected chi connectivity index (χ2v) is 8.91. The molecule has 0 saturated carbocycles. The number of halogens is 4. The second-order valence-electron chi connectivity index (χ2n) is 6.58. The monoisotopic (exact) mass is 395 g/mol. The molecule has 0 bridgehead atoms. The molecule has 0 heterocycles. The number of guanidine groups is 1. The smallest absolute Gasteiger partial charge is 0.357 e. The predicted molar refractivity (Wildman–Crippen MR) is 97.0 cm³/mol. The molecule has 26 heavy (non-hydrogen) atoms. The van der Waals surface area contributed by atoms with E-state index in [0.29, 0.717) is 30.9 Å². The summed E-state index contributed by atoms with van der Waals surface area (Å²) in [5, 5.41) is 5.87. The van der Waals surface area contributed by atoms with Crippen LogP contribution >= 0.6 is 0 Å². The van der Waals surface area contributed by atoms with Crippen LogP contribution < -0.4 is 10.6 Å². The van der Waals surface area contributed by atoms with Gasteiger partial charge in [0.1, 0.15) is 5.82 Å². The number of nitrogens with zero attached hydrogens (tertiary/aromatic N) is 1. The topological polar surface area (TPSA) is 53.5 Å². The average molecular weight is 395 g/mol. The molecule has 0 saturated heterocycles. The van der Waals surface area contributed by atoms with Crippen LogP contribution in [0.3, 0.4) is 0 Å². The average Bonchev–Trinajstić information content (AvgIpc) is 2.51. The van der Waals surface area contributed by atoms with E-state index in [1.54, 1.807) is 0 Å². The molecule has 0 aliphatic carbocycles. The van der Waals surface area contributed by atoms with Crippen molar-refractivity contribution in [3.8, 4) is 0 Å². The molecule has 0 fully saturated rings. The Labute approximate surface area is 153 Å². The summed E-state index contributed by atoms with van der Waals surface area (Å²) in [5.74, 6) is -0.242. The highest BCUT2D eigenvalue weighted by molar-refractivity contribution is 7.86. The van der Waals surface area contributed by atoms with Gasteiger partial charge < -0.3 is 10.6 Å². The Balaban J connectivity index is 2.83. The van der Waals surface area contributed by atoms with E-state index in [9.17, 15) is 21.8 Å². The molecule has 1 aromatic carbocycles. The van der Waals surface area contributed by atoms with Crippen LogP contribution in [-0.4, -0.2) is 33.8 Å². The van der Waals surface area contributed by atoms with Gasteiger partial charge in [-0.2, -0.15) is 13.2 Å². The fraction of sp³-hybridized carbons (Fsp3) is 0.588. The zero-order valence-electron chi connectivity index (χ0n) is 15.3. The first-order valence-corrected chi connectivity index (χ1v) is 9.53. The summed E-state index contributed by atoms with van der Waals surface area (Å²) in [5.41, 5.74) is -1.15. The molecule has 1 rings (SSSR count). The highest BCUT2D eigenvalue weighted by atomic mass is 32.2. The van der Waals surface area contributed by atoms with Crippen molar-refractivity contribution in [1.29, 1.82) is 0 Å². The van der Waals surface area contributed by atoms with Gasteiger partial charge in [0.15, 0.2) is 5.96 Å². The van der Waals surface area contributed by atoms with Crippen molar-refractivity contribution in [2.24, 2.45) is 4.99 Å². The molecule has 1 unspecified atom stereocenters. The van der Waals surface area contributed by atoms with E-state index in [0.717, 1.165) is 12.1 Å². The quantitative estimate of drug-likeness (QED) is 0.441. The molecule has 0 radical (unpaired) electrons. The summed E-state index contributed by atoms with van der Waals surface area (Å²) in [6.07, 6.45) is -4.65. The third-order valence-electron chi connectivity index (χ3n) is 3.39. The van der Waals surface area contributed by atoms with Crippen LogP contribution in [0.15, 0.2) is 23.2 Å². The summed E-state index contributed by atoms with van der Waals surface area (Å²) in [6.45, 7) is 8.06. The van der Waals surface area contributed by atoms with E-state index in [4.69, 9.17) is 0 Å². The Morgan fingerprint density at radius 2 is 1.85 bits per heavy atom. The number of hydrogen-bond donors (Lipinski definition) is 2. The van der Waals surface area contributed by atoms with Crippen molar-refractivity contribution in [1.82, 2.24) is 10.6 Å². The summed E-state index contributed by atoms with van der Waals surface area (Å²) in [6, 6.07) is 2.53. The molecular formula is C17H25F4N3OS.